The number of carbonyl (C=O) groups is 1. The van der Waals surface area contributed by atoms with Gasteiger partial charge in [-0.1, -0.05) is 49.5 Å². The molecule has 0 spiro atoms. The maximum atomic E-state index is 11.4. The van der Waals surface area contributed by atoms with Crippen molar-refractivity contribution in [3.8, 4) is 0 Å². The van der Waals surface area contributed by atoms with Crippen LogP contribution in [0.25, 0.3) is 0 Å². The Labute approximate surface area is 192 Å². The van der Waals surface area contributed by atoms with Crippen molar-refractivity contribution in [3.05, 3.63) is 49.1 Å². The van der Waals surface area contributed by atoms with E-state index in [1.54, 1.807) is 0 Å². The molecule has 2 rings (SSSR count). The fourth-order valence-corrected chi connectivity index (χ4v) is 4.58. The van der Waals surface area contributed by atoms with Gasteiger partial charge in [-0.3, -0.25) is 4.79 Å². The Bertz CT molecular complexity index is 739. The van der Waals surface area contributed by atoms with E-state index in [2.05, 4.69) is 39.2 Å². The first-order valence-corrected chi connectivity index (χ1v) is 11.4. The van der Waals surface area contributed by atoms with Gasteiger partial charge in [-0.25, -0.2) is 0 Å². The zero-order chi connectivity index (χ0) is 24.1. The van der Waals surface area contributed by atoms with Crippen molar-refractivity contribution in [1.82, 2.24) is 0 Å². The summed E-state index contributed by atoms with van der Waals surface area (Å²) in [4.78, 5) is 11.4. The molecule has 1 aliphatic carbocycles. The van der Waals surface area contributed by atoms with Crippen LogP contribution in [0.4, 0.5) is 0 Å². The fourth-order valence-electron chi connectivity index (χ4n) is 4.58. The van der Waals surface area contributed by atoms with E-state index in [4.69, 9.17) is 14.2 Å². The van der Waals surface area contributed by atoms with E-state index < -0.39 is 36.2 Å². The number of carbonyl (C=O) groups excluding carboxylic acids is 1. The smallest absolute Gasteiger partial charge is 0.303 e. The van der Waals surface area contributed by atoms with E-state index in [-0.39, 0.29) is 12.0 Å². The Morgan fingerprint density at radius 1 is 1.25 bits per heavy atom. The highest BCUT2D eigenvalue weighted by molar-refractivity contribution is 5.66. The maximum absolute atomic E-state index is 11.4. The fraction of sp³-hybridized carbons (Fsp3) is 0.654. The molecule has 6 heteroatoms. The summed E-state index contributed by atoms with van der Waals surface area (Å²) in [6.07, 6.45) is 8.94. The minimum absolute atomic E-state index is 0.0987. The average Bonchev–Trinajstić information content (AvgIpc) is 2.71. The van der Waals surface area contributed by atoms with Gasteiger partial charge in [-0.05, 0) is 57.3 Å². The van der Waals surface area contributed by atoms with Crippen LogP contribution in [0.5, 0.6) is 0 Å². The van der Waals surface area contributed by atoms with Crippen LogP contribution in [-0.4, -0.2) is 53.0 Å². The van der Waals surface area contributed by atoms with Gasteiger partial charge in [-0.15, -0.1) is 6.58 Å². The van der Waals surface area contributed by atoms with Crippen LogP contribution in [0.3, 0.4) is 0 Å². The molecule has 1 aliphatic heterocycles. The predicted octanol–water partition coefficient (Wildman–Crippen LogP) is 4.09. The number of esters is 1. The third-order valence-corrected chi connectivity index (χ3v) is 6.59. The van der Waals surface area contributed by atoms with E-state index in [9.17, 15) is 15.0 Å². The van der Waals surface area contributed by atoms with Gasteiger partial charge in [0, 0.05) is 6.92 Å². The molecule has 0 aromatic heterocycles. The molecule has 0 bridgehead atoms. The van der Waals surface area contributed by atoms with Crippen LogP contribution in [-0.2, 0) is 19.0 Å². The molecule has 7 atom stereocenters. The highest BCUT2D eigenvalue weighted by Crippen LogP contribution is 2.47. The highest BCUT2D eigenvalue weighted by Gasteiger charge is 2.43. The molecule has 2 fully saturated rings. The van der Waals surface area contributed by atoms with Crippen LogP contribution in [0.2, 0.25) is 0 Å². The summed E-state index contributed by atoms with van der Waals surface area (Å²) in [5, 5.41) is 20.0. The first-order valence-electron chi connectivity index (χ1n) is 11.4. The second kappa shape index (κ2) is 10.9. The zero-order valence-corrected chi connectivity index (χ0v) is 20.1. The van der Waals surface area contributed by atoms with Crippen molar-refractivity contribution in [1.29, 1.82) is 0 Å². The monoisotopic (exact) mass is 448 g/mol. The molecule has 1 saturated heterocycles. The number of aliphatic hydroxyl groups excluding tert-OH is 2. The lowest BCUT2D eigenvalue weighted by atomic mass is 9.62. The molecular weight excluding hydrogens is 408 g/mol. The zero-order valence-electron chi connectivity index (χ0n) is 20.1. The molecule has 0 aromatic rings. The molecule has 0 amide bonds. The Morgan fingerprint density at radius 2 is 1.94 bits per heavy atom. The molecule has 6 nitrogen and oxygen atoms in total. The largest absolute Gasteiger partial charge is 0.454 e. The van der Waals surface area contributed by atoms with Gasteiger partial charge in [-0.2, -0.15) is 0 Å². The highest BCUT2D eigenvalue weighted by atomic mass is 16.7. The van der Waals surface area contributed by atoms with Crippen molar-refractivity contribution in [2.24, 2.45) is 17.3 Å². The average molecular weight is 449 g/mol. The van der Waals surface area contributed by atoms with E-state index in [0.29, 0.717) is 11.8 Å². The minimum Gasteiger partial charge on any atom is -0.454 e. The summed E-state index contributed by atoms with van der Waals surface area (Å²) in [6, 6.07) is 0. The lowest BCUT2D eigenvalue weighted by molar-refractivity contribution is -0.293. The van der Waals surface area contributed by atoms with Crippen molar-refractivity contribution >= 4 is 5.97 Å². The number of aliphatic hydroxyl groups is 2. The molecule has 0 radical (unpaired) electrons. The molecule has 2 aliphatic rings. The molecule has 0 aromatic carbocycles. The standard InChI is InChI=1S/C26H40O6/c1-8-26(7)14-12-19(15-20(26)17(2)3)11-9-10-13-25(5,6)32-24-23(31-18(4)27)22(29)21(28)16-30-24/h8-11,13,19-24,28-29H,1-2,12,14-16H2,3-7H3/t19-,20+,21+,22+,23-,24-,26-/m0/s1. The quantitative estimate of drug-likeness (QED) is 0.331. The summed E-state index contributed by atoms with van der Waals surface area (Å²) >= 11 is 0. The van der Waals surface area contributed by atoms with Crippen molar-refractivity contribution in [3.63, 3.8) is 0 Å². The Kier molecular flexibility index (Phi) is 9.06. The van der Waals surface area contributed by atoms with Gasteiger partial charge < -0.3 is 24.4 Å². The van der Waals surface area contributed by atoms with E-state index in [1.807, 2.05) is 32.1 Å². The maximum Gasteiger partial charge on any atom is 0.303 e. The summed E-state index contributed by atoms with van der Waals surface area (Å²) in [6.45, 7) is 17.5. The SMILES string of the molecule is C=C[C@@]1(C)CC[C@H](C=CC=CC(C)(C)O[C@@H]2OC[C@@H](O)[C@@H](O)[C@@H]2OC(C)=O)C[C@@H]1C(=C)C. The lowest BCUT2D eigenvalue weighted by Crippen LogP contribution is -2.56. The molecule has 1 heterocycles. The van der Waals surface area contributed by atoms with Crippen molar-refractivity contribution in [2.45, 2.75) is 84.1 Å². The second-order valence-corrected chi connectivity index (χ2v) is 9.94. The summed E-state index contributed by atoms with van der Waals surface area (Å²) in [5.74, 6) is 0.324. The molecule has 1 saturated carbocycles. The Balaban J connectivity index is 1.98. The summed E-state index contributed by atoms with van der Waals surface area (Å²) in [7, 11) is 0. The van der Waals surface area contributed by atoms with Crippen LogP contribution in [0, 0.1) is 17.3 Å². The third kappa shape index (κ3) is 6.88. The van der Waals surface area contributed by atoms with E-state index in [1.165, 1.54) is 12.5 Å². The van der Waals surface area contributed by atoms with Crippen LogP contribution in [0.1, 0.15) is 53.9 Å². The van der Waals surface area contributed by atoms with Crippen LogP contribution < -0.4 is 0 Å². The number of hydrogen-bond acceptors (Lipinski definition) is 6. The Morgan fingerprint density at radius 3 is 2.53 bits per heavy atom. The molecular formula is C26H40O6. The third-order valence-electron chi connectivity index (χ3n) is 6.59. The first kappa shape index (κ1) is 26.5. The molecule has 32 heavy (non-hydrogen) atoms. The van der Waals surface area contributed by atoms with Crippen LogP contribution >= 0.6 is 0 Å². The van der Waals surface area contributed by atoms with Gasteiger partial charge in [0.05, 0.1) is 12.2 Å². The normalized spacial score (nSPS) is 36.3. The second-order valence-electron chi connectivity index (χ2n) is 9.94. The van der Waals surface area contributed by atoms with Gasteiger partial charge in [0.1, 0.15) is 12.2 Å². The molecule has 2 N–H and O–H groups in total. The van der Waals surface area contributed by atoms with Crippen molar-refractivity contribution < 1.29 is 29.2 Å². The number of rotatable bonds is 8. The molecule has 180 valence electrons. The van der Waals surface area contributed by atoms with Gasteiger partial charge >= 0.3 is 5.97 Å². The first-order chi connectivity index (χ1) is 14.9. The van der Waals surface area contributed by atoms with Crippen LogP contribution in [0.15, 0.2) is 49.1 Å². The lowest BCUT2D eigenvalue weighted by Gasteiger charge is -2.42. The molecule has 0 unspecified atom stereocenters. The summed E-state index contributed by atoms with van der Waals surface area (Å²) < 4.78 is 16.6. The predicted molar refractivity (Wildman–Crippen MR) is 125 cm³/mol. The Hall–Kier alpha value is -1.73. The summed E-state index contributed by atoms with van der Waals surface area (Å²) in [5.41, 5.74) is 0.569. The number of hydrogen-bond donors (Lipinski definition) is 2. The minimum atomic E-state index is -1.27. The van der Waals surface area contributed by atoms with Crippen molar-refractivity contribution in [2.75, 3.05) is 6.61 Å². The number of allylic oxidation sites excluding steroid dienone is 5. The number of ether oxygens (including phenoxy) is 3. The van der Waals surface area contributed by atoms with Gasteiger partial charge in [0.2, 0.25) is 0 Å². The van der Waals surface area contributed by atoms with Gasteiger partial charge in [0.15, 0.2) is 12.4 Å². The van der Waals surface area contributed by atoms with Gasteiger partial charge in [0.25, 0.3) is 0 Å². The van der Waals surface area contributed by atoms with E-state index >= 15 is 0 Å². The van der Waals surface area contributed by atoms with E-state index in [0.717, 1.165) is 19.3 Å². The topological polar surface area (TPSA) is 85.2 Å².